The molecule has 2 aromatic rings. The zero-order valence-corrected chi connectivity index (χ0v) is 24.0. The van der Waals surface area contributed by atoms with Crippen LogP contribution in [-0.4, -0.2) is 30.2 Å². The van der Waals surface area contributed by atoms with Gasteiger partial charge in [-0.2, -0.15) is 0 Å². The Morgan fingerprint density at radius 2 is 1.56 bits per heavy atom. The first-order valence-corrected chi connectivity index (χ1v) is 17.1. The topological polar surface area (TPSA) is 29.5 Å². The molecule has 1 aliphatic carbocycles. The number of aliphatic hydroxyl groups is 1. The molecule has 2 atom stereocenters. The lowest BCUT2D eigenvalue weighted by Crippen LogP contribution is -2.41. The standard InChI is InChI=1S/C29H40O2S2Si/c1-28(2,3)34(4,5)31-22-14-21-29(30)20-13-12-15-24(29)23-27(32-25-16-8-6-9-17-25)33-26-18-10-7-11-19-26/h6-11,16-19,24,27,30H,12-13,15,20,22-23H2,1-5H3/t24?,29-/m0/s1. The van der Waals surface area contributed by atoms with Crippen molar-refractivity contribution < 1.29 is 9.53 Å². The molecule has 1 aliphatic rings. The molecule has 2 nitrogen and oxygen atoms in total. The van der Waals surface area contributed by atoms with Crippen LogP contribution >= 0.6 is 23.5 Å². The maximum Gasteiger partial charge on any atom is 0.193 e. The minimum absolute atomic E-state index is 0.162. The molecule has 1 N–H and O–H groups in total. The van der Waals surface area contributed by atoms with E-state index in [9.17, 15) is 5.11 Å². The zero-order chi connectivity index (χ0) is 24.7. The summed E-state index contributed by atoms with van der Waals surface area (Å²) < 4.78 is 6.56. The molecule has 0 amide bonds. The van der Waals surface area contributed by atoms with E-state index >= 15 is 0 Å². The molecule has 2 aromatic carbocycles. The van der Waals surface area contributed by atoms with Crippen molar-refractivity contribution in [1.82, 2.24) is 0 Å². The second-order valence-electron chi connectivity index (χ2n) is 10.7. The third kappa shape index (κ3) is 7.93. The minimum atomic E-state index is -1.84. The highest BCUT2D eigenvalue weighted by molar-refractivity contribution is 8.17. The van der Waals surface area contributed by atoms with E-state index < -0.39 is 13.9 Å². The Balaban J connectivity index is 1.73. The van der Waals surface area contributed by atoms with Crippen molar-refractivity contribution in [3.05, 3.63) is 60.7 Å². The molecule has 0 aromatic heterocycles. The Labute approximate surface area is 216 Å². The van der Waals surface area contributed by atoms with Gasteiger partial charge in [0.2, 0.25) is 0 Å². The van der Waals surface area contributed by atoms with Gasteiger partial charge in [-0.05, 0) is 68.1 Å². The summed E-state index contributed by atoms with van der Waals surface area (Å²) in [5.74, 6) is 6.68. The fourth-order valence-electron chi connectivity index (χ4n) is 3.98. The Bertz CT molecular complexity index is 905. The second kappa shape index (κ2) is 12.2. The maximum absolute atomic E-state index is 11.7. The largest absolute Gasteiger partial charge is 0.406 e. The molecule has 184 valence electrons. The first-order chi connectivity index (χ1) is 16.1. The average molecular weight is 513 g/mol. The lowest BCUT2D eigenvalue weighted by molar-refractivity contribution is 0.00228. The van der Waals surface area contributed by atoms with E-state index in [1.54, 1.807) is 0 Å². The molecule has 1 fully saturated rings. The van der Waals surface area contributed by atoms with Crippen molar-refractivity contribution in [2.24, 2.45) is 5.92 Å². The molecule has 3 rings (SSSR count). The Morgan fingerprint density at radius 1 is 1.00 bits per heavy atom. The molecule has 0 bridgehead atoms. The predicted octanol–water partition coefficient (Wildman–Crippen LogP) is 8.23. The smallest absolute Gasteiger partial charge is 0.193 e. The Kier molecular flexibility index (Phi) is 9.83. The van der Waals surface area contributed by atoms with Gasteiger partial charge in [0.15, 0.2) is 8.32 Å². The third-order valence-electron chi connectivity index (χ3n) is 7.15. The fourth-order valence-corrected chi connectivity index (χ4v) is 7.60. The molecule has 0 aliphatic heterocycles. The van der Waals surface area contributed by atoms with Crippen LogP contribution in [0.15, 0.2) is 70.5 Å². The van der Waals surface area contributed by atoms with Gasteiger partial charge < -0.3 is 9.53 Å². The van der Waals surface area contributed by atoms with E-state index in [4.69, 9.17) is 4.43 Å². The quantitative estimate of drug-likeness (QED) is 0.167. The van der Waals surface area contributed by atoms with Gasteiger partial charge in [-0.1, -0.05) is 75.4 Å². The zero-order valence-electron chi connectivity index (χ0n) is 21.3. The van der Waals surface area contributed by atoms with Crippen LogP contribution in [0.3, 0.4) is 0 Å². The lowest BCUT2D eigenvalue weighted by Gasteiger charge is -2.38. The number of rotatable bonds is 8. The van der Waals surface area contributed by atoms with E-state index in [1.165, 1.54) is 9.79 Å². The van der Waals surface area contributed by atoms with Gasteiger partial charge in [0.1, 0.15) is 5.60 Å². The van der Waals surface area contributed by atoms with Crippen LogP contribution in [0.5, 0.6) is 0 Å². The summed E-state index contributed by atoms with van der Waals surface area (Å²) in [6.07, 6.45) is 4.90. The Hall–Kier alpha value is -1.16. The monoisotopic (exact) mass is 512 g/mol. The van der Waals surface area contributed by atoms with Crippen LogP contribution in [0.4, 0.5) is 0 Å². The van der Waals surface area contributed by atoms with E-state index in [-0.39, 0.29) is 11.0 Å². The van der Waals surface area contributed by atoms with Gasteiger partial charge >= 0.3 is 0 Å². The molecule has 1 unspecified atom stereocenters. The molecule has 1 saturated carbocycles. The van der Waals surface area contributed by atoms with Crippen LogP contribution in [-0.2, 0) is 4.43 Å². The van der Waals surface area contributed by atoms with Crippen LogP contribution in [0, 0.1) is 17.8 Å². The van der Waals surface area contributed by atoms with Crippen molar-refractivity contribution in [3.8, 4) is 11.8 Å². The van der Waals surface area contributed by atoms with E-state index in [2.05, 4.69) is 106 Å². The number of hydrogen-bond acceptors (Lipinski definition) is 4. The van der Waals surface area contributed by atoms with Crippen LogP contribution < -0.4 is 0 Å². The predicted molar refractivity (Wildman–Crippen MR) is 151 cm³/mol. The van der Waals surface area contributed by atoms with Gasteiger partial charge in [-0.25, -0.2) is 0 Å². The summed E-state index contributed by atoms with van der Waals surface area (Å²) in [6, 6.07) is 21.2. The van der Waals surface area contributed by atoms with E-state index in [0.29, 0.717) is 11.2 Å². The molecular weight excluding hydrogens is 473 g/mol. The minimum Gasteiger partial charge on any atom is -0.406 e. The summed E-state index contributed by atoms with van der Waals surface area (Å²) in [4.78, 5) is 2.54. The maximum atomic E-state index is 11.7. The third-order valence-corrected chi connectivity index (χ3v) is 14.2. The number of thioether (sulfide) groups is 2. The van der Waals surface area contributed by atoms with Crippen LogP contribution in [0.1, 0.15) is 52.9 Å². The van der Waals surface area contributed by atoms with Crippen molar-refractivity contribution in [1.29, 1.82) is 0 Å². The lowest BCUT2D eigenvalue weighted by atomic mass is 9.74. The molecule has 5 heteroatoms. The SMILES string of the molecule is CC(C)(C)[Si](C)(C)OCC#C[C@@]1(O)CCCCC1CC(Sc1ccccc1)Sc1ccccc1. The van der Waals surface area contributed by atoms with Gasteiger partial charge in [0, 0.05) is 15.7 Å². The second-order valence-corrected chi connectivity index (χ2v) is 18.4. The summed E-state index contributed by atoms with van der Waals surface area (Å²) in [5, 5.41) is 11.8. The van der Waals surface area contributed by atoms with Crippen molar-refractivity contribution in [3.63, 3.8) is 0 Å². The highest BCUT2D eigenvalue weighted by Crippen LogP contribution is 2.44. The van der Waals surface area contributed by atoms with Crippen molar-refractivity contribution in [2.45, 2.75) is 91.0 Å². The first-order valence-electron chi connectivity index (χ1n) is 12.4. The summed E-state index contributed by atoms with van der Waals surface area (Å²) in [7, 11) is -1.84. The van der Waals surface area contributed by atoms with Gasteiger partial charge in [0.25, 0.3) is 0 Å². The van der Waals surface area contributed by atoms with Gasteiger partial charge in [-0.15, -0.1) is 23.5 Å². The molecule has 0 radical (unpaired) electrons. The molecule has 0 spiro atoms. The highest BCUT2D eigenvalue weighted by atomic mass is 32.2. The Morgan fingerprint density at radius 3 is 2.09 bits per heavy atom. The fraction of sp³-hybridized carbons (Fsp3) is 0.517. The number of hydrogen-bond donors (Lipinski definition) is 1. The molecular formula is C29H40O2S2Si. The highest BCUT2D eigenvalue weighted by Gasteiger charge is 2.39. The van der Waals surface area contributed by atoms with Crippen molar-refractivity contribution in [2.75, 3.05) is 6.61 Å². The van der Waals surface area contributed by atoms with E-state index in [1.807, 2.05) is 23.5 Å². The first kappa shape index (κ1) is 27.4. The normalized spacial score (nSPS) is 21.2. The van der Waals surface area contributed by atoms with Crippen LogP contribution in [0.2, 0.25) is 18.1 Å². The molecule has 34 heavy (non-hydrogen) atoms. The van der Waals surface area contributed by atoms with Crippen LogP contribution in [0.25, 0.3) is 0 Å². The average Bonchev–Trinajstić information content (AvgIpc) is 2.79. The van der Waals surface area contributed by atoms with Crippen molar-refractivity contribution >= 4 is 31.8 Å². The van der Waals surface area contributed by atoms with Gasteiger partial charge in [0.05, 0.1) is 11.2 Å². The summed E-state index contributed by atoms with van der Waals surface area (Å²) >= 11 is 3.79. The summed E-state index contributed by atoms with van der Waals surface area (Å²) in [5.41, 5.74) is -0.929. The molecule has 0 saturated heterocycles. The molecule has 0 heterocycles. The number of benzene rings is 2. The summed E-state index contributed by atoms with van der Waals surface area (Å²) in [6.45, 7) is 11.6. The van der Waals surface area contributed by atoms with E-state index in [0.717, 1.165) is 32.1 Å². The van der Waals surface area contributed by atoms with Gasteiger partial charge in [-0.3, -0.25) is 0 Å².